The van der Waals surface area contributed by atoms with Crippen molar-refractivity contribution < 1.29 is 19.0 Å². The Hall–Kier alpha value is -2.75. The molecule has 0 spiro atoms. The highest BCUT2D eigenvalue weighted by atomic mass is 16.5. The number of hydrogen-bond acceptors (Lipinski definition) is 4. The molecule has 2 rings (SSSR count). The number of carbonyl (C=O) groups excluding carboxylic acids is 1. The molecule has 0 N–H and O–H groups in total. The molecule has 0 aliphatic carbocycles. The molecule has 4 nitrogen and oxygen atoms in total. The number of rotatable bonds is 7. The van der Waals surface area contributed by atoms with Crippen LogP contribution in [0.25, 0.3) is 0 Å². The van der Waals surface area contributed by atoms with E-state index in [1.165, 1.54) is 13.4 Å². The average molecular weight is 284 g/mol. The second-order valence-corrected chi connectivity index (χ2v) is 4.16. The number of carbonyl (C=O) groups is 1. The van der Waals surface area contributed by atoms with Crippen LogP contribution in [0.15, 0.2) is 72.7 Å². The van der Waals surface area contributed by atoms with Crippen LogP contribution in [0.3, 0.4) is 0 Å². The molecule has 4 heteroatoms. The summed E-state index contributed by atoms with van der Waals surface area (Å²) in [5.74, 6) is 0.986. The van der Waals surface area contributed by atoms with Gasteiger partial charge >= 0.3 is 0 Å². The molecule has 108 valence electrons. The van der Waals surface area contributed by atoms with Crippen LogP contribution in [0.1, 0.15) is 0 Å². The maximum absolute atomic E-state index is 12.1. The molecule has 0 amide bonds. The zero-order valence-electron chi connectivity index (χ0n) is 11.7. The Morgan fingerprint density at radius 3 is 2.10 bits per heavy atom. The topological polar surface area (TPSA) is 44.8 Å². The molecule has 0 saturated heterocycles. The number of benzene rings is 2. The van der Waals surface area contributed by atoms with Crippen molar-refractivity contribution in [2.75, 3.05) is 13.7 Å². The van der Waals surface area contributed by atoms with E-state index in [1.54, 1.807) is 24.3 Å². The monoisotopic (exact) mass is 284 g/mol. The maximum Gasteiger partial charge on any atom is 0.238 e. The summed E-state index contributed by atoms with van der Waals surface area (Å²) in [5, 5.41) is 0. The lowest BCUT2D eigenvalue weighted by atomic mass is 10.3. The summed E-state index contributed by atoms with van der Waals surface area (Å²) in [6.45, 7) is -0.119. The summed E-state index contributed by atoms with van der Waals surface area (Å²) in [6.07, 6.45) is 1.27. The number of methoxy groups -OCH3 is 1. The highest BCUT2D eigenvalue weighted by Gasteiger charge is 2.14. The maximum atomic E-state index is 12.1. The van der Waals surface area contributed by atoms with Crippen LogP contribution in [-0.4, -0.2) is 19.5 Å². The average Bonchev–Trinajstić information content (AvgIpc) is 2.54. The van der Waals surface area contributed by atoms with Gasteiger partial charge in [0.15, 0.2) is 6.61 Å². The molecule has 0 atom stereocenters. The molecule has 0 aromatic heterocycles. The van der Waals surface area contributed by atoms with Crippen molar-refractivity contribution in [3.05, 3.63) is 72.7 Å². The SMILES string of the molecule is CO/C=C(\Oc1ccccc1)C(=O)COc1ccccc1. The van der Waals surface area contributed by atoms with E-state index in [1.807, 2.05) is 36.4 Å². The molecule has 0 heterocycles. The van der Waals surface area contributed by atoms with Gasteiger partial charge in [-0.15, -0.1) is 0 Å². The minimum Gasteiger partial charge on any atom is -0.500 e. The summed E-state index contributed by atoms with van der Waals surface area (Å²) >= 11 is 0. The fourth-order valence-electron chi connectivity index (χ4n) is 1.61. The van der Waals surface area contributed by atoms with Crippen LogP contribution < -0.4 is 9.47 Å². The minimum atomic E-state index is -0.301. The molecule has 0 unspecified atom stereocenters. The van der Waals surface area contributed by atoms with Crippen molar-refractivity contribution in [3.8, 4) is 11.5 Å². The molecule has 2 aromatic rings. The third-order valence-corrected chi connectivity index (χ3v) is 2.58. The predicted molar refractivity (Wildman–Crippen MR) is 79.1 cm³/mol. The Balaban J connectivity index is 1.98. The van der Waals surface area contributed by atoms with Crippen LogP contribution in [0.4, 0.5) is 0 Å². The van der Waals surface area contributed by atoms with Gasteiger partial charge in [0.05, 0.1) is 7.11 Å². The van der Waals surface area contributed by atoms with Gasteiger partial charge in [-0.3, -0.25) is 4.79 Å². The van der Waals surface area contributed by atoms with Crippen molar-refractivity contribution in [3.63, 3.8) is 0 Å². The molecular formula is C17H16O4. The van der Waals surface area contributed by atoms with Crippen LogP contribution in [-0.2, 0) is 9.53 Å². The van der Waals surface area contributed by atoms with Gasteiger partial charge in [-0.25, -0.2) is 0 Å². The summed E-state index contributed by atoms with van der Waals surface area (Å²) < 4.78 is 15.8. The second kappa shape index (κ2) is 7.75. The Kier molecular flexibility index (Phi) is 5.41. The van der Waals surface area contributed by atoms with Crippen molar-refractivity contribution in [1.82, 2.24) is 0 Å². The molecule has 0 radical (unpaired) electrons. The van der Waals surface area contributed by atoms with Crippen molar-refractivity contribution in [2.45, 2.75) is 0 Å². The van der Waals surface area contributed by atoms with E-state index >= 15 is 0 Å². The fraction of sp³-hybridized carbons (Fsp3) is 0.118. The largest absolute Gasteiger partial charge is 0.500 e. The smallest absolute Gasteiger partial charge is 0.238 e. The van der Waals surface area contributed by atoms with Crippen LogP contribution in [0.2, 0.25) is 0 Å². The van der Waals surface area contributed by atoms with Gasteiger partial charge < -0.3 is 14.2 Å². The lowest BCUT2D eigenvalue weighted by Crippen LogP contribution is -2.17. The van der Waals surface area contributed by atoms with Gasteiger partial charge in [-0.2, -0.15) is 0 Å². The second-order valence-electron chi connectivity index (χ2n) is 4.16. The van der Waals surface area contributed by atoms with Gasteiger partial charge in [-0.05, 0) is 24.3 Å². The molecule has 0 aliphatic rings. The van der Waals surface area contributed by atoms with E-state index < -0.39 is 0 Å². The molecule has 0 saturated carbocycles. The number of ether oxygens (including phenoxy) is 3. The molecule has 21 heavy (non-hydrogen) atoms. The number of Topliss-reactive ketones (excluding diaryl/α,β-unsaturated/α-hetero) is 1. The Morgan fingerprint density at radius 2 is 1.52 bits per heavy atom. The lowest BCUT2D eigenvalue weighted by Gasteiger charge is -2.10. The highest BCUT2D eigenvalue weighted by molar-refractivity contribution is 5.94. The number of ketones is 1. The first-order valence-corrected chi connectivity index (χ1v) is 6.46. The standard InChI is InChI=1S/C17H16O4/c1-19-13-17(21-15-10-6-3-7-11-15)16(18)12-20-14-8-4-2-5-9-14/h2-11,13H,12H2,1H3/b17-13-. The van der Waals surface area contributed by atoms with Gasteiger partial charge in [0.25, 0.3) is 0 Å². The highest BCUT2D eigenvalue weighted by Crippen LogP contribution is 2.14. The first-order valence-electron chi connectivity index (χ1n) is 6.46. The molecular weight excluding hydrogens is 268 g/mol. The van der Waals surface area contributed by atoms with Gasteiger partial charge in [0.1, 0.15) is 17.8 Å². The van der Waals surface area contributed by atoms with Gasteiger partial charge in [0, 0.05) is 0 Å². The van der Waals surface area contributed by atoms with Crippen molar-refractivity contribution >= 4 is 5.78 Å². The third kappa shape index (κ3) is 4.69. The third-order valence-electron chi connectivity index (χ3n) is 2.58. The Labute approximate surface area is 123 Å². The lowest BCUT2D eigenvalue weighted by molar-refractivity contribution is -0.119. The van der Waals surface area contributed by atoms with E-state index in [2.05, 4.69) is 0 Å². The summed E-state index contributed by atoms with van der Waals surface area (Å²) in [7, 11) is 1.46. The fourth-order valence-corrected chi connectivity index (χ4v) is 1.61. The molecule has 0 aliphatic heterocycles. The first kappa shape index (κ1) is 14.7. The van der Waals surface area contributed by atoms with Gasteiger partial charge in [0.2, 0.25) is 11.5 Å². The predicted octanol–water partition coefficient (Wildman–Crippen LogP) is 3.20. The van der Waals surface area contributed by atoms with Crippen LogP contribution >= 0.6 is 0 Å². The summed E-state index contributed by atoms with van der Waals surface area (Å²) in [4.78, 5) is 12.1. The Bertz CT molecular complexity index is 591. The first-order chi connectivity index (χ1) is 10.3. The molecule has 0 fully saturated rings. The summed E-state index contributed by atoms with van der Waals surface area (Å²) in [6, 6.07) is 18.2. The van der Waals surface area contributed by atoms with E-state index in [-0.39, 0.29) is 18.1 Å². The van der Waals surface area contributed by atoms with Crippen LogP contribution in [0, 0.1) is 0 Å². The molecule has 0 bridgehead atoms. The van der Waals surface area contributed by atoms with Crippen LogP contribution in [0.5, 0.6) is 11.5 Å². The zero-order valence-corrected chi connectivity index (χ0v) is 11.7. The van der Waals surface area contributed by atoms with Crippen molar-refractivity contribution in [1.29, 1.82) is 0 Å². The van der Waals surface area contributed by atoms with Gasteiger partial charge in [-0.1, -0.05) is 36.4 Å². The van der Waals surface area contributed by atoms with E-state index in [9.17, 15) is 4.79 Å². The quantitative estimate of drug-likeness (QED) is 0.578. The summed E-state index contributed by atoms with van der Waals surface area (Å²) in [5.41, 5.74) is 0. The number of para-hydroxylation sites is 2. The number of hydrogen-bond donors (Lipinski definition) is 0. The van der Waals surface area contributed by atoms with Crippen molar-refractivity contribution in [2.24, 2.45) is 0 Å². The zero-order chi connectivity index (χ0) is 14.9. The minimum absolute atomic E-state index is 0.0969. The molecule has 2 aromatic carbocycles. The normalized spacial score (nSPS) is 10.8. The Morgan fingerprint density at radius 1 is 0.952 bits per heavy atom. The van der Waals surface area contributed by atoms with E-state index in [0.717, 1.165) is 0 Å². The van der Waals surface area contributed by atoms with E-state index in [4.69, 9.17) is 14.2 Å². The van der Waals surface area contributed by atoms with E-state index in [0.29, 0.717) is 11.5 Å².